The van der Waals surface area contributed by atoms with Crippen LogP contribution in [0.4, 0.5) is 4.79 Å². The zero-order valence-electron chi connectivity index (χ0n) is 26.3. The number of urea groups is 1. The monoisotopic (exact) mass is 648 g/mol. The van der Waals surface area contributed by atoms with Crippen LogP contribution in [-0.2, 0) is 16.1 Å². The molecule has 2 amide bonds. The molecule has 14 nitrogen and oxygen atoms in total. The molecular formula is C33H36N4O10. The molecule has 3 aromatic carbocycles. The van der Waals surface area contributed by atoms with Crippen molar-refractivity contribution in [3.63, 3.8) is 0 Å². The summed E-state index contributed by atoms with van der Waals surface area (Å²) in [6.07, 6.45) is 0.363. The Morgan fingerprint density at radius 3 is 2.60 bits per heavy atom. The second-order valence-corrected chi connectivity index (χ2v) is 10.3. The van der Waals surface area contributed by atoms with E-state index in [9.17, 15) is 14.7 Å². The highest BCUT2D eigenvalue weighted by Gasteiger charge is 2.32. The fraction of sp³-hybridized carbons (Fsp3) is 0.303. The normalized spacial score (nSPS) is 15.9. The van der Waals surface area contributed by atoms with E-state index >= 15 is 0 Å². The number of nitrogens with zero attached hydrogens (tertiary/aromatic N) is 1. The van der Waals surface area contributed by atoms with Crippen LogP contribution in [0.3, 0.4) is 0 Å². The first-order valence-electron chi connectivity index (χ1n) is 14.7. The van der Waals surface area contributed by atoms with Crippen LogP contribution in [0.2, 0.25) is 0 Å². The van der Waals surface area contributed by atoms with Crippen LogP contribution in [-0.4, -0.2) is 63.8 Å². The maximum atomic E-state index is 12.5. The first kappa shape index (κ1) is 32.8. The van der Waals surface area contributed by atoms with E-state index < -0.39 is 24.3 Å². The fourth-order valence-electron chi connectivity index (χ4n) is 4.90. The Hall–Kier alpha value is -5.63. The molecule has 0 aromatic heterocycles. The summed E-state index contributed by atoms with van der Waals surface area (Å²) in [7, 11) is 2.82. The summed E-state index contributed by atoms with van der Waals surface area (Å²) in [5.74, 6) is 2.59. The van der Waals surface area contributed by atoms with Gasteiger partial charge in [0, 0.05) is 5.70 Å². The standard InChI is InChI=1S/C33H36N4O10/c1-5-43-28-14-22(31-30(32(39)42-4)19(2)35-33(40)36-31)8-11-24(28)45-17-29(38)37-34-15-20-6-9-23(26(12-20)41-3)44-16-21-7-10-25-27(13-21)47-18-46-25/h6-15,29,31,37-38H,5,16-18H2,1-4H3,(H2,35,36,40)/b34-15-/t29-,31-/m1/s1. The lowest BCUT2D eigenvalue weighted by atomic mass is 9.95. The van der Waals surface area contributed by atoms with Crippen molar-refractivity contribution in [1.82, 2.24) is 16.1 Å². The molecular weight excluding hydrogens is 612 g/mol. The second kappa shape index (κ2) is 15.1. The summed E-state index contributed by atoms with van der Waals surface area (Å²) >= 11 is 0. The molecule has 0 unspecified atom stereocenters. The Morgan fingerprint density at radius 1 is 1.02 bits per heavy atom. The molecule has 2 heterocycles. The van der Waals surface area contributed by atoms with Crippen LogP contribution in [0.15, 0.2) is 71.0 Å². The van der Waals surface area contributed by atoms with E-state index in [0.29, 0.717) is 64.5 Å². The number of allylic oxidation sites excluding steroid dienone is 1. The van der Waals surface area contributed by atoms with Gasteiger partial charge >= 0.3 is 12.0 Å². The molecule has 4 N–H and O–H groups in total. The van der Waals surface area contributed by atoms with Gasteiger partial charge in [0.15, 0.2) is 40.7 Å². The smallest absolute Gasteiger partial charge is 0.337 e. The zero-order chi connectivity index (χ0) is 33.3. The van der Waals surface area contributed by atoms with Crippen LogP contribution in [0.25, 0.3) is 0 Å². The number of nitrogens with one attached hydrogen (secondary N) is 3. The summed E-state index contributed by atoms with van der Waals surface area (Å²) in [6.45, 7) is 4.11. The molecule has 0 radical (unpaired) electrons. The van der Waals surface area contributed by atoms with Gasteiger partial charge in [-0.3, -0.25) is 5.43 Å². The van der Waals surface area contributed by atoms with E-state index in [1.54, 1.807) is 50.4 Å². The largest absolute Gasteiger partial charge is 0.493 e. The molecule has 248 valence electrons. The van der Waals surface area contributed by atoms with Gasteiger partial charge in [-0.25, -0.2) is 9.59 Å². The summed E-state index contributed by atoms with van der Waals surface area (Å²) in [4.78, 5) is 24.6. The minimum atomic E-state index is -1.16. The number of amides is 2. The SMILES string of the molecule is CCOc1cc([C@H]2NC(=O)NC(C)=C2C(=O)OC)ccc1OC[C@@H](O)N/N=C\c1ccc(OCc2ccc3c(c2)OCO3)c(OC)c1. The van der Waals surface area contributed by atoms with Crippen LogP contribution in [0.1, 0.15) is 36.6 Å². The molecule has 2 aliphatic heterocycles. The first-order valence-corrected chi connectivity index (χ1v) is 14.7. The van der Waals surface area contributed by atoms with E-state index in [1.165, 1.54) is 13.3 Å². The lowest BCUT2D eigenvalue weighted by Gasteiger charge is -2.28. The number of fused-ring (bicyclic) bond motifs is 1. The topological polar surface area (TPSA) is 167 Å². The van der Waals surface area contributed by atoms with Crippen molar-refractivity contribution in [1.29, 1.82) is 0 Å². The molecule has 2 aliphatic rings. The number of aliphatic hydroxyl groups excluding tert-OH is 1. The fourth-order valence-corrected chi connectivity index (χ4v) is 4.90. The van der Waals surface area contributed by atoms with Gasteiger partial charge in [-0.15, -0.1) is 0 Å². The van der Waals surface area contributed by atoms with Gasteiger partial charge in [-0.05, 0) is 73.0 Å². The third-order valence-electron chi connectivity index (χ3n) is 7.13. The van der Waals surface area contributed by atoms with E-state index in [2.05, 4.69) is 21.2 Å². The average Bonchev–Trinajstić information content (AvgIpc) is 3.54. The van der Waals surface area contributed by atoms with Crippen molar-refractivity contribution < 1.29 is 47.9 Å². The Balaban J connectivity index is 1.17. The maximum Gasteiger partial charge on any atom is 0.337 e. The molecule has 47 heavy (non-hydrogen) atoms. The number of hydrazone groups is 1. The molecule has 0 fully saturated rings. The van der Waals surface area contributed by atoms with Gasteiger partial charge in [-0.2, -0.15) is 5.10 Å². The molecule has 14 heteroatoms. The van der Waals surface area contributed by atoms with Crippen LogP contribution < -0.4 is 44.5 Å². The number of ether oxygens (including phenoxy) is 7. The number of carbonyl (C=O) groups is 2. The van der Waals surface area contributed by atoms with E-state index in [-0.39, 0.29) is 19.0 Å². The van der Waals surface area contributed by atoms with Gasteiger partial charge in [-0.1, -0.05) is 12.1 Å². The van der Waals surface area contributed by atoms with E-state index in [4.69, 9.17) is 33.2 Å². The van der Waals surface area contributed by atoms with Gasteiger partial charge in [0.25, 0.3) is 0 Å². The minimum Gasteiger partial charge on any atom is -0.493 e. The number of hydrogen-bond acceptors (Lipinski definition) is 12. The van der Waals surface area contributed by atoms with Crippen molar-refractivity contribution in [2.24, 2.45) is 5.10 Å². The van der Waals surface area contributed by atoms with Crippen LogP contribution >= 0.6 is 0 Å². The zero-order valence-corrected chi connectivity index (χ0v) is 26.3. The quantitative estimate of drug-likeness (QED) is 0.0874. The molecule has 0 saturated carbocycles. The van der Waals surface area contributed by atoms with Gasteiger partial charge in [0.2, 0.25) is 6.79 Å². The summed E-state index contributed by atoms with van der Waals surface area (Å²) in [5, 5.41) is 19.9. The lowest BCUT2D eigenvalue weighted by Crippen LogP contribution is -2.45. The number of rotatable bonds is 14. The van der Waals surface area contributed by atoms with Crippen molar-refractivity contribution >= 4 is 18.2 Å². The molecule has 0 aliphatic carbocycles. The van der Waals surface area contributed by atoms with Gasteiger partial charge in [0.1, 0.15) is 13.2 Å². The Kier molecular flexibility index (Phi) is 10.5. The predicted octanol–water partition coefficient (Wildman–Crippen LogP) is 3.52. The van der Waals surface area contributed by atoms with E-state index in [0.717, 1.165) is 5.56 Å². The van der Waals surface area contributed by atoms with Gasteiger partial charge < -0.3 is 48.9 Å². The first-order chi connectivity index (χ1) is 22.8. The molecule has 2 atom stereocenters. The maximum absolute atomic E-state index is 12.5. The molecule has 0 spiro atoms. The minimum absolute atomic E-state index is 0.163. The Bertz CT molecular complexity index is 1680. The van der Waals surface area contributed by atoms with Crippen molar-refractivity contribution in [2.75, 3.05) is 34.2 Å². The molecule has 0 saturated heterocycles. The second-order valence-electron chi connectivity index (χ2n) is 10.3. The lowest BCUT2D eigenvalue weighted by molar-refractivity contribution is -0.136. The number of esters is 1. The Labute approximate surface area is 271 Å². The summed E-state index contributed by atoms with van der Waals surface area (Å²) in [5.41, 5.74) is 5.48. The van der Waals surface area contributed by atoms with Crippen LogP contribution in [0, 0.1) is 0 Å². The highest BCUT2D eigenvalue weighted by molar-refractivity contribution is 5.95. The van der Waals surface area contributed by atoms with Crippen LogP contribution in [0.5, 0.6) is 34.5 Å². The molecule has 5 rings (SSSR count). The van der Waals surface area contributed by atoms with Crippen molar-refractivity contribution in [3.8, 4) is 34.5 Å². The number of carbonyl (C=O) groups excluding carboxylic acids is 2. The van der Waals surface area contributed by atoms with Crippen molar-refractivity contribution in [3.05, 3.63) is 82.6 Å². The number of benzene rings is 3. The highest BCUT2D eigenvalue weighted by Crippen LogP contribution is 2.36. The number of aliphatic hydroxyl groups is 1. The Morgan fingerprint density at radius 2 is 1.81 bits per heavy atom. The van der Waals surface area contributed by atoms with Crippen molar-refractivity contribution in [2.45, 2.75) is 32.7 Å². The summed E-state index contributed by atoms with van der Waals surface area (Å²) < 4.78 is 38.7. The number of methoxy groups -OCH3 is 2. The highest BCUT2D eigenvalue weighted by atomic mass is 16.7. The third-order valence-corrected chi connectivity index (χ3v) is 7.13. The number of hydrogen-bond donors (Lipinski definition) is 4. The van der Waals surface area contributed by atoms with E-state index in [1.807, 2.05) is 25.1 Å². The molecule has 3 aromatic rings. The predicted molar refractivity (Wildman–Crippen MR) is 169 cm³/mol. The summed E-state index contributed by atoms with van der Waals surface area (Å²) in [6, 6.07) is 14.7. The third kappa shape index (κ3) is 7.97. The molecule has 0 bridgehead atoms. The average molecular weight is 649 g/mol. The van der Waals surface area contributed by atoms with Gasteiger partial charge in [0.05, 0.1) is 38.7 Å².